The van der Waals surface area contributed by atoms with E-state index in [9.17, 15) is 4.79 Å². The summed E-state index contributed by atoms with van der Waals surface area (Å²) in [5.74, 6) is 1.17. The Kier molecular flexibility index (Phi) is 5.92. The fourth-order valence-corrected chi connectivity index (χ4v) is 3.22. The molecule has 0 spiro atoms. The lowest BCUT2D eigenvalue weighted by molar-refractivity contribution is -0.129. The number of methoxy groups -OCH3 is 1. The van der Waals surface area contributed by atoms with E-state index in [0.29, 0.717) is 24.0 Å². The molecule has 0 amide bonds. The van der Waals surface area contributed by atoms with E-state index in [2.05, 4.69) is 27.6 Å². The zero-order chi connectivity index (χ0) is 18.5. The van der Waals surface area contributed by atoms with Gasteiger partial charge in [-0.3, -0.25) is 0 Å². The molecule has 2 aromatic rings. The van der Waals surface area contributed by atoms with Crippen molar-refractivity contribution in [2.45, 2.75) is 13.3 Å². The van der Waals surface area contributed by atoms with E-state index in [1.54, 1.807) is 13.2 Å². The number of nitrogens with zero attached hydrogens (tertiary/aromatic N) is 1. The van der Waals surface area contributed by atoms with Crippen LogP contribution < -0.4 is 9.47 Å². The Morgan fingerprint density at radius 1 is 1.23 bits per heavy atom. The smallest absolute Gasteiger partial charge is 0.363 e. The van der Waals surface area contributed by atoms with Gasteiger partial charge in [-0.15, -0.1) is 0 Å². The highest BCUT2D eigenvalue weighted by atomic mass is 127. The van der Waals surface area contributed by atoms with Crippen molar-refractivity contribution in [2.24, 2.45) is 4.99 Å². The maximum absolute atomic E-state index is 12.1. The summed E-state index contributed by atoms with van der Waals surface area (Å²) in [6.07, 6.45) is 2.60. The van der Waals surface area contributed by atoms with E-state index in [0.717, 1.165) is 21.1 Å². The minimum absolute atomic E-state index is 0.254. The number of benzene rings is 2. The summed E-state index contributed by atoms with van der Waals surface area (Å²) in [5, 5.41) is 0. The van der Waals surface area contributed by atoms with Crippen LogP contribution in [0.4, 0.5) is 0 Å². The van der Waals surface area contributed by atoms with Crippen LogP contribution in [0.1, 0.15) is 24.5 Å². The molecule has 0 saturated heterocycles. The van der Waals surface area contributed by atoms with Crippen molar-refractivity contribution in [2.75, 3.05) is 13.7 Å². The average molecular weight is 463 g/mol. The number of hydrogen-bond acceptors (Lipinski definition) is 5. The number of rotatable bonds is 6. The number of esters is 1. The number of carbonyl (C=O) groups excluding carboxylic acids is 1. The van der Waals surface area contributed by atoms with Crippen LogP contribution in [0.5, 0.6) is 11.5 Å². The summed E-state index contributed by atoms with van der Waals surface area (Å²) >= 11 is 2.19. The highest BCUT2D eigenvalue weighted by Crippen LogP contribution is 2.35. The van der Waals surface area contributed by atoms with Crippen LogP contribution in [0, 0.1) is 3.57 Å². The number of halogens is 1. The summed E-state index contributed by atoms with van der Waals surface area (Å²) in [4.78, 5) is 16.5. The number of ether oxygens (including phenoxy) is 3. The van der Waals surface area contributed by atoms with Gasteiger partial charge in [-0.25, -0.2) is 9.79 Å². The van der Waals surface area contributed by atoms with E-state index in [-0.39, 0.29) is 5.70 Å². The first-order valence-electron chi connectivity index (χ1n) is 8.20. The number of cyclic esters (lactones) is 1. The zero-order valence-corrected chi connectivity index (χ0v) is 16.6. The fourth-order valence-electron chi connectivity index (χ4n) is 2.44. The molecule has 6 heteroatoms. The molecule has 1 aliphatic rings. The summed E-state index contributed by atoms with van der Waals surface area (Å²) in [5.41, 5.74) is 1.81. The van der Waals surface area contributed by atoms with Crippen molar-refractivity contribution < 1.29 is 19.0 Å². The lowest BCUT2D eigenvalue weighted by Gasteiger charge is -2.13. The van der Waals surface area contributed by atoms with Gasteiger partial charge in [-0.1, -0.05) is 25.1 Å². The first-order valence-corrected chi connectivity index (χ1v) is 9.28. The SMILES string of the molecule is CCCOc1c(I)cc(/C=C2/N=C(c3ccccc3)OC2=O)cc1OC. The Morgan fingerprint density at radius 3 is 2.69 bits per heavy atom. The topological polar surface area (TPSA) is 57.1 Å². The van der Waals surface area contributed by atoms with E-state index in [1.807, 2.05) is 49.4 Å². The van der Waals surface area contributed by atoms with Crippen LogP contribution >= 0.6 is 22.6 Å². The second-order valence-corrected chi connectivity index (χ2v) is 6.75. The summed E-state index contributed by atoms with van der Waals surface area (Å²) < 4.78 is 17.4. The second-order valence-electron chi connectivity index (χ2n) is 5.58. The first-order chi connectivity index (χ1) is 12.6. The fraction of sp³-hybridized carbons (Fsp3) is 0.200. The largest absolute Gasteiger partial charge is 0.493 e. The Hall–Kier alpha value is -2.35. The van der Waals surface area contributed by atoms with Crippen LogP contribution in [0.15, 0.2) is 53.2 Å². The Labute approximate surface area is 165 Å². The Morgan fingerprint density at radius 2 is 2.00 bits per heavy atom. The van der Waals surface area contributed by atoms with Gasteiger partial charge < -0.3 is 14.2 Å². The molecule has 0 aromatic heterocycles. The standard InChI is InChI=1S/C20H18INO4/c1-3-9-25-18-15(21)10-13(12-17(18)24-2)11-16-20(23)26-19(22-16)14-7-5-4-6-8-14/h4-8,10-12H,3,9H2,1-2H3/b16-11+. The van der Waals surface area contributed by atoms with Crippen LogP contribution in [-0.4, -0.2) is 25.6 Å². The molecule has 0 radical (unpaired) electrons. The van der Waals surface area contributed by atoms with Gasteiger partial charge in [0.15, 0.2) is 17.2 Å². The molecule has 2 aromatic carbocycles. The zero-order valence-electron chi connectivity index (χ0n) is 14.5. The maximum Gasteiger partial charge on any atom is 0.363 e. The van der Waals surface area contributed by atoms with Gasteiger partial charge >= 0.3 is 5.97 Å². The van der Waals surface area contributed by atoms with Crippen LogP contribution in [0.25, 0.3) is 6.08 Å². The molecule has 1 aliphatic heterocycles. The predicted molar refractivity (Wildman–Crippen MR) is 109 cm³/mol. The molecule has 0 aliphatic carbocycles. The van der Waals surface area contributed by atoms with Gasteiger partial charge in [-0.2, -0.15) is 0 Å². The third-order valence-electron chi connectivity index (χ3n) is 3.65. The lowest BCUT2D eigenvalue weighted by Crippen LogP contribution is -2.05. The van der Waals surface area contributed by atoms with Gasteiger partial charge in [0.1, 0.15) is 0 Å². The number of carbonyl (C=O) groups is 1. The van der Waals surface area contributed by atoms with Crippen molar-refractivity contribution in [3.05, 3.63) is 62.9 Å². The molecule has 0 bridgehead atoms. The average Bonchev–Trinajstić information content (AvgIpc) is 3.02. The van der Waals surface area contributed by atoms with Gasteiger partial charge in [0.2, 0.25) is 5.90 Å². The maximum atomic E-state index is 12.1. The molecule has 5 nitrogen and oxygen atoms in total. The van der Waals surface area contributed by atoms with Crippen LogP contribution in [0.2, 0.25) is 0 Å². The molecule has 0 N–H and O–H groups in total. The third kappa shape index (κ3) is 4.07. The van der Waals surface area contributed by atoms with Crippen molar-refractivity contribution in [1.29, 1.82) is 0 Å². The quantitative estimate of drug-likeness (QED) is 0.361. The van der Waals surface area contributed by atoms with E-state index in [4.69, 9.17) is 14.2 Å². The molecule has 1 heterocycles. The van der Waals surface area contributed by atoms with Crippen LogP contribution in [-0.2, 0) is 9.53 Å². The number of hydrogen-bond donors (Lipinski definition) is 0. The highest BCUT2D eigenvalue weighted by molar-refractivity contribution is 14.1. The molecule has 0 unspecified atom stereocenters. The highest BCUT2D eigenvalue weighted by Gasteiger charge is 2.24. The van der Waals surface area contributed by atoms with Crippen molar-refractivity contribution >= 4 is 40.5 Å². The van der Waals surface area contributed by atoms with Crippen molar-refractivity contribution in [3.8, 4) is 11.5 Å². The molecule has 3 rings (SSSR count). The van der Waals surface area contributed by atoms with Gasteiger partial charge in [0.05, 0.1) is 17.3 Å². The van der Waals surface area contributed by atoms with Crippen molar-refractivity contribution in [1.82, 2.24) is 0 Å². The minimum atomic E-state index is -0.468. The second kappa shape index (κ2) is 8.35. The first kappa shape index (κ1) is 18.4. The van der Waals surface area contributed by atoms with Gasteiger partial charge in [0, 0.05) is 5.56 Å². The lowest BCUT2D eigenvalue weighted by atomic mass is 10.1. The van der Waals surface area contributed by atoms with Crippen LogP contribution in [0.3, 0.4) is 0 Å². The molecular formula is C20H18INO4. The monoisotopic (exact) mass is 463 g/mol. The molecule has 0 fully saturated rings. The molecule has 0 saturated carbocycles. The predicted octanol–water partition coefficient (Wildman–Crippen LogP) is 4.43. The summed E-state index contributed by atoms with van der Waals surface area (Å²) in [7, 11) is 1.59. The number of aliphatic imine (C=N–C) groups is 1. The Bertz CT molecular complexity index is 875. The van der Waals surface area contributed by atoms with E-state index in [1.165, 1.54) is 0 Å². The normalized spacial score (nSPS) is 15.0. The Balaban J connectivity index is 1.93. The van der Waals surface area contributed by atoms with Gasteiger partial charge in [-0.05, 0) is 64.9 Å². The van der Waals surface area contributed by atoms with Crippen molar-refractivity contribution in [3.63, 3.8) is 0 Å². The van der Waals surface area contributed by atoms with E-state index >= 15 is 0 Å². The molecule has 26 heavy (non-hydrogen) atoms. The summed E-state index contributed by atoms with van der Waals surface area (Å²) in [6, 6.07) is 13.1. The van der Waals surface area contributed by atoms with E-state index < -0.39 is 5.97 Å². The molecule has 0 atom stereocenters. The minimum Gasteiger partial charge on any atom is -0.493 e. The molecule has 134 valence electrons. The molecular weight excluding hydrogens is 445 g/mol. The van der Waals surface area contributed by atoms with Gasteiger partial charge in [0.25, 0.3) is 0 Å². The third-order valence-corrected chi connectivity index (χ3v) is 4.45. The summed E-state index contributed by atoms with van der Waals surface area (Å²) in [6.45, 7) is 2.66.